The summed E-state index contributed by atoms with van der Waals surface area (Å²) in [6.45, 7) is -0.434. The van der Waals surface area contributed by atoms with E-state index in [1.165, 1.54) is 0 Å². The van der Waals surface area contributed by atoms with Gasteiger partial charge in [-0.25, -0.2) is 9.59 Å². The van der Waals surface area contributed by atoms with Crippen LogP contribution in [0.3, 0.4) is 0 Å². The molecule has 0 saturated heterocycles. The molecule has 30 heavy (non-hydrogen) atoms. The first kappa shape index (κ1) is 23.4. The third-order valence-corrected chi connectivity index (χ3v) is 4.23. The van der Waals surface area contributed by atoms with Gasteiger partial charge in [0.2, 0.25) is 0 Å². The van der Waals surface area contributed by atoms with E-state index in [1.54, 1.807) is 0 Å². The Kier molecular flexibility index (Phi) is 9.87. The molecule has 0 amide bonds. The second kappa shape index (κ2) is 12.6. The summed E-state index contributed by atoms with van der Waals surface area (Å²) in [5, 5.41) is 18.1. The van der Waals surface area contributed by atoms with Gasteiger partial charge >= 0.3 is 16.7 Å². The van der Waals surface area contributed by atoms with E-state index in [9.17, 15) is 14.5 Å². The van der Waals surface area contributed by atoms with Crippen LogP contribution in [0.2, 0.25) is 0 Å². The van der Waals surface area contributed by atoms with Crippen LogP contribution in [0.4, 0.5) is 0 Å². The maximum atomic E-state index is 11.4. The van der Waals surface area contributed by atoms with Crippen molar-refractivity contribution in [2.45, 2.75) is 64.6 Å². The van der Waals surface area contributed by atoms with Crippen LogP contribution in [0.5, 0.6) is 0 Å². The molecule has 2 rings (SSSR count). The first-order valence-corrected chi connectivity index (χ1v) is 9.71. The fraction of sp³-hybridized carbons (Fsp3) is 0.667. The molecule has 12 heteroatoms. The van der Waals surface area contributed by atoms with Crippen LogP contribution in [0.1, 0.15) is 61.6 Å². The van der Waals surface area contributed by atoms with E-state index in [1.807, 2.05) is 0 Å². The van der Waals surface area contributed by atoms with Crippen molar-refractivity contribution in [3.8, 4) is 0 Å². The van der Waals surface area contributed by atoms with Gasteiger partial charge in [0.25, 0.3) is 0 Å². The van der Waals surface area contributed by atoms with Crippen molar-refractivity contribution < 1.29 is 42.6 Å². The van der Waals surface area contributed by atoms with Crippen LogP contribution >= 0.6 is 0 Å². The summed E-state index contributed by atoms with van der Waals surface area (Å²) in [5.74, 6) is -0.726. The van der Waals surface area contributed by atoms with Gasteiger partial charge in [0.15, 0.2) is 36.3 Å². The highest BCUT2D eigenvalue weighted by molar-refractivity contribution is 5.02. The number of hydrogen-bond donors (Lipinski definition) is 2. The van der Waals surface area contributed by atoms with Gasteiger partial charge in [0.1, 0.15) is 18.1 Å². The molecule has 0 aliphatic heterocycles. The second-order valence-electron chi connectivity index (χ2n) is 6.43. The topological polar surface area (TPSA) is 166 Å². The molecule has 2 aromatic heterocycles. The lowest BCUT2D eigenvalue weighted by atomic mass is 10.1. The van der Waals surface area contributed by atoms with Gasteiger partial charge < -0.3 is 27.9 Å². The Morgan fingerprint density at radius 2 is 1.03 bits per heavy atom. The Hall–Kier alpha value is -2.86. The normalized spacial score (nSPS) is 11.0. The zero-order valence-corrected chi connectivity index (χ0v) is 16.5. The Labute approximate surface area is 170 Å². The average Bonchev–Trinajstić information content (AvgIpc) is 3.28. The van der Waals surface area contributed by atoms with Crippen molar-refractivity contribution in [1.29, 1.82) is 0 Å². The van der Waals surface area contributed by atoms with Gasteiger partial charge in [-0.3, -0.25) is 0 Å². The second-order valence-corrected chi connectivity index (χ2v) is 6.43. The minimum absolute atomic E-state index is 0.0813. The van der Waals surface area contributed by atoms with Crippen molar-refractivity contribution in [2.75, 3.05) is 13.2 Å². The molecule has 0 atom stereocenters. The summed E-state index contributed by atoms with van der Waals surface area (Å²) in [5.41, 5.74) is 0. The van der Waals surface area contributed by atoms with E-state index in [2.05, 4.69) is 8.83 Å². The van der Waals surface area contributed by atoms with Crippen LogP contribution in [0, 0.1) is 4.91 Å². The zero-order valence-electron chi connectivity index (χ0n) is 16.5. The van der Waals surface area contributed by atoms with Crippen LogP contribution < -0.4 is 11.6 Å². The standard InChI is InChI=1S/C18H26NO11/c20-11-15-13(27-17(22)29-15)7-3-1-5-9-25-19(24)26-10-6-2-4-8-14-16(12-21)30-18(23)28-14/h20-21H,1-12H2/q+1. The van der Waals surface area contributed by atoms with E-state index in [4.69, 9.17) is 28.7 Å². The lowest BCUT2D eigenvalue weighted by molar-refractivity contribution is -0.981. The van der Waals surface area contributed by atoms with Gasteiger partial charge in [0.05, 0.1) is 0 Å². The van der Waals surface area contributed by atoms with E-state index in [-0.39, 0.29) is 29.8 Å². The quantitative estimate of drug-likeness (QED) is 0.292. The van der Waals surface area contributed by atoms with Gasteiger partial charge in [0, 0.05) is 12.8 Å². The zero-order chi connectivity index (χ0) is 21.8. The number of aryl methyl sites for hydroxylation is 2. The minimum Gasteiger partial charge on any atom is -0.396 e. The van der Waals surface area contributed by atoms with E-state index in [0.29, 0.717) is 62.9 Å². The first-order valence-electron chi connectivity index (χ1n) is 9.71. The summed E-state index contributed by atoms with van der Waals surface area (Å²) in [7, 11) is 0. The summed E-state index contributed by atoms with van der Waals surface area (Å²) < 4.78 is 19.0. The summed E-state index contributed by atoms with van der Waals surface area (Å²) >= 11 is 0. The van der Waals surface area contributed by atoms with Crippen molar-refractivity contribution in [3.05, 3.63) is 49.2 Å². The number of aliphatic hydroxyl groups is 2. The molecule has 0 unspecified atom stereocenters. The number of rotatable bonds is 16. The summed E-state index contributed by atoms with van der Waals surface area (Å²) in [6, 6.07) is 0. The van der Waals surface area contributed by atoms with Gasteiger partial charge in [-0.2, -0.15) is 9.68 Å². The number of hydrogen-bond acceptors (Lipinski definition) is 11. The highest BCUT2D eigenvalue weighted by Gasteiger charge is 2.14. The van der Waals surface area contributed by atoms with Crippen LogP contribution in [-0.2, 0) is 35.7 Å². The van der Waals surface area contributed by atoms with Crippen LogP contribution in [-0.4, -0.2) is 28.5 Å². The summed E-state index contributed by atoms with van der Waals surface area (Å²) in [6.07, 6.45) is 4.87. The Morgan fingerprint density at radius 1 is 0.633 bits per heavy atom. The molecule has 12 nitrogen and oxygen atoms in total. The largest absolute Gasteiger partial charge is 0.519 e. The molecule has 0 aliphatic carbocycles. The molecule has 0 saturated carbocycles. The fourth-order valence-corrected chi connectivity index (χ4v) is 2.74. The number of nitrogens with zero attached hydrogens (tertiary/aromatic N) is 1. The Bertz CT molecular complexity index is 805. The molecular formula is C18H26NO11+. The van der Waals surface area contributed by atoms with Gasteiger partial charge in [-0.1, -0.05) is 0 Å². The molecule has 168 valence electrons. The lowest BCUT2D eigenvalue weighted by Crippen LogP contribution is -2.12. The molecule has 2 N–H and O–H groups in total. The SMILES string of the molecule is O=c1oc(CO)c(CCCCCO[N+](=O)OCCCCCc2oc(=O)oc2CO)o1. The Morgan fingerprint density at radius 3 is 1.43 bits per heavy atom. The van der Waals surface area contributed by atoms with Gasteiger partial charge in [-0.05, 0) is 38.5 Å². The molecular weight excluding hydrogens is 406 g/mol. The molecule has 2 aromatic rings. The highest BCUT2D eigenvalue weighted by Crippen LogP contribution is 2.12. The highest BCUT2D eigenvalue weighted by atomic mass is 17.0. The van der Waals surface area contributed by atoms with Crippen molar-refractivity contribution in [3.63, 3.8) is 0 Å². The van der Waals surface area contributed by atoms with E-state index in [0.717, 1.165) is 0 Å². The van der Waals surface area contributed by atoms with E-state index >= 15 is 0 Å². The molecule has 0 aliphatic rings. The minimum atomic E-state index is -0.834. The molecule has 0 spiro atoms. The molecule has 0 aromatic carbocycles. The third kappa shape index (κ3) is 7.87. The Balaban J connectivity index is 1.45. The average molecular weight is 432 g/mol. The molecule has 0 fully saturated rings. The fourth-order valence-electron chi connectivity index (χ4n) is 2.74. The monoisotopic (exact) mass is 432 g/mol. The predicted octanol–water partition coefficient (Wildman–Crippen LogP) is 1.53. The first-order chi connectivity index (χ1) is 14.5. The molecule has 0 radical (unpaired) electrons. The van der Waals surface area contributed by atoms with Crippen molar-refractivity contribution in [1.82, 2.24) is 0 Å². The third-order valence-electron chi connectivity index (χ3n) is 4.23. The maximum Gasteiger partial charge on any atom is 0.519 e. The van der Waals surface area contributed by atoms with Gasteiger partial charge in [-0.15, -0.1) is 0 Å². The van der Waals surface area contributed by atoms with Crippen molar-refractivity contribution in [2.24, 2.45) is 0 Å². The number of aliphatic hydroxyl groups excluding tert-OH is 2. The number of unbranched alkanes of at least 4 members (excludes halogenated alkanes) is 4. The lowest BCUT2D eigenvalue weighted by Gasteiger charge is -1.99. The molecule has 2 heterocycles. The van der Waals surface area contributed by atoms with Crippen molar-refractivity contribution >= 4 is 0 Å². The summed E-state index contributed by atoms with van der Waals surface area (Å²) in [4.78, 5) is 43.1. The smallest absolute Gasteiger partial charge is 0.396 e. The van der Waals surface area contributed by atoms with E-state index < -0.39 is 24.9 Å². The molecule has 0 bridgehead atoms. The maximum absolute atomic E-state index is 11.4. The van der Waals surface area contributed by atoms with Crippen LogP contribution in [0.25, 0.3) is 0 Å². The van der Waals surface area contributed by atoms with Crippen LogP contribution in [0.15, 0.2) is 27.3 Å². The predicted molar refractivity (Wildman–Crippen MR) is 97.0 cm³/mol.